The molecule has 0 aliphatic carbocycles. The Balaban J connectivity index is 3.32. The largest absolute Gasteiger partial charge is 0.496 e. The summed E-state index contributed by atoms with van der Waals surface area (Å²) < 4.78 is 10.3. The number of benzene rings is 1. The molecule has 3 heteroatoms. The van der Waals surface area contributed by atoms with Gasteiger partial charge in [-0.2, -0.15) is 0 Å². The molecule has 0 saturated carbocycles. The van der Waals surface area contributed by atoms with Gasteiger partial charge in [0.15, 0.2) is 0 Å². The van der Waals surface area contributed by atoms with Gasteiger partial charge < -0.3 is 9.47 Å². The molecule has 0 amide bonds. The van der Waals surface area contributed by atoms with Crippen molar-refractivity contribution in [3.8, 4) is 5.75 Å². The lowest BCUT2D eigenvalue weighted by atomic mass is 9.90. The van der Waals surface area contributed by atoms with Crippen molar-refractivity contribution in [2.75, 3.05) is 14.2 Å². The first-order chi connectivity index (χ1) is 8.90. The van der Waals surface area contributed by atoms with E-state index >= 15 is 0 Å². The number of carbonyl (C=O) groups excluding carboxylic acids is 1. The third kappa shape index (κ3) is 3.72. The highest BCUT2D eigenvalue weighted by molar-refractivity contribution is 5.73. The Kier molecular flexibility index (Phi) is 5.40. The Morgan fingerprint density at radius 2 is 1.53 bits per heavy atom. The van der Waals surface area contributed by atoms with Crippen LogP contribution in [-0.2, 0) is 16.0 Å². The predicted molar refractivity (Wildman–Crippen MR) is 76.9 cm³/mol. The van der Waals surface area contributed by atoms with E-state index in [0.29, 0.717) is 18.3 Å². The van der Waals surface area contributed by atoms with Gasteiger partial charge in [0.05, 0.1) is 20.6 Å². The molecule has 0 atom stereocenters. The van der Waals surface area contributed by atoms with Gasteiger partial charge >= 0.3 is 5.97 Å². The van der Waals surface area contributed by atoms with E-state index in [1.807, 2.05) is 12.1 Å². The summed E-state index contributed by atoms with van der Waals surface area (Å²) in [5, 5.41) is 0. The highest BCUT2D eigenvalue weighted by atomic mass is 16.5. The molecule has 3 nitrogen and oxygen atoms in total. The Hall–Kier alpha value is -1.51. The molecule has 19 heavy (non-hydrogen) atoms. The van der Waals surface area contributed by atoms with Crippen LogP contribution in [0.15, 0.2) is 12.1 Å². The number of hydrogen-bond donors (Lipinski definition) is 0. The van der Waals surface area contributed by atoms with Gasteiger partial charge in [0.25, 0.3) is 0 Å². The second-order valence-corrected chi connectivity index (χ2v) is 5.37. The molecule has 0 fully saturated rings. The summed E-state index contributed by atoms with van der Waals surface area (Å²) >= 11 is 0. The van der Waals surface area contributed by atoms with E-state index < -0.39 is 0 Å². The summed E-state index contributed by atoms with van der Waals surface area (Å²) in [6, 6.07) is 4.10. The van der Waals surface area contributed by atoms with Crippen LogP contribution in [0.2, 0.25) is 0 Å². The van der Waals surface area contributed by atoms with Gasteiger partial charge in [0, 0.05) is 0 Å². The summed E-state index contributed by atoms with van der Waals surface area (Å²) in [5.41, 5.74) is 3.28. The lowest BCUT2D eigenvalue weighted by Crippen LogP contribution is -2.08. The number of methoxy groups -OCH3 is 2. The first-order valence-corrected chi connectivity index (χ1v) is 6.68. The van der Waals surface area contributed by atoms with Crippen LogP contribution in [0.1, 0.15) is 56.2 Å². The zero-order chi connectivity index (χ0) is 14.6. The van der Waals surface area contributed by atoms with Crippen LogP contribution in [0.4, 0.5) is 0 Å². The number of esters is 1. The standard InChI is InChI=1S/C16H24O3/c1-10(2)13-7-12(9-15(17)18-5)8-14(11(3)4)16(13)19-6/h7-8,10-11H,9H2,1-6H3. The summed E-state index contributed by atoms with van der Waals surface area (Å²) in [6.45, 7) is 8.52. The Labute approximate surface area is 115 Å². The van der Waals surface area contributed by atoms with Crippen molar-refractivity contribution in [3.05, 3.63) is 28.8 Å². The van der Waals surface area contributed by atoms with Crippen LogP contribution in [-0.4, -0.2) is 20.2 Å². The van der Waals surface area contributed by atoms with Crippen molar-refractivity contribution >= 4 is 5.97 Å². The molecule has 0 unspecified atom stereocenters. The van der Waals surface area contributed by atoms with Gasteiger partial charge in [-0.3, -0.25) is 4.79 Å². The molecule has 0 heterocycles. The molecule has 1 rings (SSSR count). The van der Waals surface area contributed by atoms with Gasteiger partial charge in [-0.25, -0.2) is 0 Å². The second-order valence-electron chi connectivity index (χ2n) is 5.37. The minimum absolute atomic E-state index is 0.213. The van der Waals surface area contributed by atoms with Gasteiger partial charge in [-0.15, -0.1) is 0 Å². The molecule has 0 spiro atoms. The van der Waals surface area contributed by atoms with E-state index in [4.69, 9.17) is 9.47 Å². The number of carbonyl (C=O) groups is 1. The molecular weight excluding hydrogens is 240 g/mol. The van der Waals surface area contributed by atoms with Crippen LogP contribution in [0, 0.1) is 0 Å². The van der Waals surface area contributed by atoms with Gasteiger partial charge in [-0.1, -0.05) is 39.8 Å². The maximum Gasteiger partial charge on any atom is 0.309 e. The lowest BCUT2D eigenvalue weighted by molar-refractivity contribution is -0.139. The van der Waals surface area contributed by atoms with E-state index in [1.165, 1.54) is 7.11 Å². The van der Waals surface area contributed by atoms with E-state index in [2.05, 4.69) is 27.7 Å². The van der Waals surface area contributed by atoms with Crippen LogP contribution in [0.25, 0.3) is 0 Å². The predicted octanol–water partition coefficient (Wildman–Crippen LogP) is 3.66. The third-order valence-corrected chi connectivity index (χ3v) is 3.23. The van der Waals surface area contributed by atoms with Crippen molar-refractivity contribution in [2.45, 2.75) is 46.0 Å². The van der Waals surface area contributed by atoms with Gasteiger partial charge in [0.1, 0.15) is 5.75 Å². The first kappa shape index (κ1) is 15.5. The molecule has 0 aromatic heterocycles. The fourth-order valence-electron chi connectivity index (χ4n) is 2.17. The van der Waals surface area contributed by atoms with E-state index in [1.54, 1.807) is 7.11 Å². The minimum atomic E-state index is -0.213. The number of rotatable bonds is 5. The monoisotopic (exact) mass is 264 g/mol. The molecule has 0 aliphatic heterocycles. The topological polar surface area (TPSA) is 35.5 Å². The fraction of sp³-hybridized carbons (Fsp3) is 0.562. The number of hydrogen-bond acceptors (Lipinski definition) is 3. The molecular formula is C16H24O3. The van der Waals surface area contributed by atoms with Crippen molar-refractivity contribution in [3.63, 3.8) is 0 Å². The zero-order valence-corrected chi connectivity index (χ0v) is 12.7. The maximum absolute atomic E-state index is 11.4. The SMILES string of the molecule is COC(=O)Cc1cc(C(C)C)c(OC)c(C(C)C)c1. The molecule has 106 valence electrons. The minimum Gasteiger partial charge on any atom is -0.496 e. The quantitative estimate of drug-likeness (QED) is 0.761. The average molecular weight is 264 g/mol. The highest BCUT2D eigenvalue weighted by Gasteiger charge is 2.17. The Morgan fingerprint density at radius 3 is 1.84 bits per heavy atom. The van der Waals surface area contributed by atoms with E-state index in [0.717, 1.165) is 22.4 Å². The van der Waals surface area contributed by atoms with Crippen molar-refractivity contribution in [1.82, 2.24) is 0 Å². The Morgan fingerprint density at radius 1 is 1.05 bits per heavy atom. The number of ether oxygens (including phenoxy) is 2. The van der Waals surface area contributed by atoms with Crippen molar-refractivity contribution in [2.24, 2.45) is 0 Å². The zero-order valence-electron chi connectivity index (χ0n) is 12.7. The maximum atomic E-state index is 11.4. The molecule has 0 N–H and O–H groups in total. The van der Waals surface area contributed by atoms with Crippen LogP contribution >= 0.6 is 0 Å². The first-order valence-electron chi connectivity index (χ1n) is 6.68. The summed E-state index contributed by atoms with van der Waals surface area (Å²) in [4.78, 5) is 11.4. The summed E-state index contributed by atoms with van der Waals surface area (Å²) in [7, 11) is 3.12. The van der Waals surface area contributed by atoms with E-state index in [-0.39, 0.29) is 5.97 Å². The summed E-state index contributed by atoms with van der Waals surface area (Å²) in [6.07, 6.45) is 0.305. The lowest BCUT2D eigenvalue weighted by Gasteiger charge is -2.20. The Bertz CT molecular complexity index is 418. The third-order valence-electron chi connectivity index (χ3n) is 3.23. The molecule has 0 aliphatic rings. The normalized spacial score (nSPS) is 10.9. The van der Waals surface area contributed by atoms with Crippen LogP contribution in [0.5, 0.6) is 5.75 Å². The average Bonchev–Trinajstić information content (AvgIpc) is 2.37. The molecule has 1 aromatic carbocycles. The van der Waals surface area contributed by atoms with E-state index in [9.17, 15) is 4.79 Å². The summed E-state index contributed by atoms with van der Waals surface area (Å²) in [5.74, 6) is 1.43. The van der Waals surface area contributed by atoms with Crippen molar-refractivity contribution in [1.29, 1.82) is 0 Å². The molecule has 0 radical (unpaired) electrons. The molecule has 0 bridgehead atoms. The van der Waals surface area contributed by atoms with Crippen LogP contribution < -0.4 is 4.74 Å². The van der Waals surface area contributed by atoms with Gasteiger partial charge in [-0.05, 0) is 28.5 Å². The molecule has 0 saturated heterocycles. The van der Waals surface area contributed by atoms with Crippen molar-refractivity contribution < 1.29 is 14.3 Å². The second kappa shape index (κ2) is 6.60. The molecule has 1 aromatic rings. The highest BCUT2D eigenvalue weighted by Crippen LogP contribution is 2.35. The van der Waals surface area contributed by atoms with Crippen LogP contribution in [0.3, 0.4) is 0 Å². The van der Waals surface area contributed by atoms with Gasteiger partial charge in [0.2, 0.25) is 0 Å². The smallest absolute Gasteiger partial charge is 0.309 e. The fourth-order valence-corrected chi connectivity index (χ4v) is 2.17.